The first-order chi connectivity index (χ1) is 18.9. The molecule has 6 N–H and O–H groups in total. The number of carbonyl (C=O) groups is 3. The van der Waals surface area contributed by atoms with Crippen molar-refractivity contribution in [3.8, 4) is 0 Å². The molecule has 1 heterocycles. The number of aromatic nitrogens is 3. The monoisotopic (exact) mass is 606 g/mol. The summed E-state index contributed by atoms with van der Waals surface area (Å²) in [5.41, 5.74) is 0. The number of nitrogens with zero attached hydrogens (tertiary/aromatic N) is 3. The highest BCUT2D eigenvalue weighted by Gasteiger charge is 2.09. The molecule has 0 amide bonds. The van der Waals surface area contributed by atoms with E-state index in [2.05, 4.69) is 30.9 Å². The van der Waals surface area contributed by atoms with Crippen LogP contribution in [0, 0.1) is 0 Å². The maximum Gasteiger partial charge on any atom is 0.303 e. The van der Waals surface area contributed by atoms with Crippen molar-refractivity contribution in [2.45, 2.75) is 92.5 Å². The van der Waals surface area contributed by atoms with E-state index in [0.717, 1.165) is 58.2 Å². The van der Waals surface area contributed by atoms with Crippen LogP contribution in [0.5, 0.6) is 0 Å². The molecule has 0 radical (unpaired) electrons. The van der Waals surface area contributed by atoms with Crippen LogP contribution >= 0.6 is 35.3 Å². The lowest BCUT2D eigenvalue weighted by Gasteiger charge is -2.09. The predicted molar refractivity (Wildman–Crippen MR) is 154 cm³/mol. The van der Waals surface area contributed by atoms with Gasteiger partial charge in [0, 0.05) is 36.9 Å². The number of thioether (sulfide) groups is 3. The van der Waals surface area contributed by atoms with Crippen LogP contribution in [0.1, 0.15) is 77.0 Å². The smallest absolute Gasteiger partial charge is 0.303 e. The van der Waals surface area contributed by atoms with E-state index in [1.807, 2.05) is 0 Å². The molecule has 0 saturated heterocycles. The van der Waals surface area contributed by atoms with E-state index in [1.165, 1.54) is 35.3 Å². The molecule has 12 nitrogen and oxygen atoms in total. The number of carboxylic acid groups (broad SMARTS) is 3. The number of nitrogens with one attached hydrogen (secondary N) is 3. The quantitative estimate of drug-likeness (QED) is 0.0483. The van der Waals surface area contributed by atoms with E-state index in [9.17, 15) is 14.4 Å². The second-order valence-electron chi connectivity index (χ2n) is 8.66. The number of aliphatic carboxylic acids is 3. The van der Waals surface area contributed by atoms with Crippen molar-refractivity contribution in [2.75, 3.05) is 37.3 Å². The van der Waals surface area contributed by atoms with E-state index in [-0.39, 0.29) is 19.3 Å². The maximum absolute atomic E-state index is 10.6. The Balaban J connectivity index is 2.42. The lowest BCUT2D eigenvalue weighted by atomic mass is 10.2. The van der Waals surface area contributed by atoms with Gasteiger partial charge in [-0.05, 0) is 58.2 Å². The second kappa shape index (κ2) is 24.2. The lowest BCUT2D eigenvalue weighted by molar-refractivity contribution is -0.138. The summed E-state index contributed by atoms with van der Waals surface area (Å²) in [6.45, 7) is 2.40. The summed E-state index contributed by atoms with van der Waals surface area (Å²) in [7, 11) is 0. The van der Waals surface area contributed by atoms with Gasteiger partial charge >= 0.3 is 17.9 Å². The Bertz CT molecular complexity index is 722. The lowest BCUT2D eigenvalue weighted by Crippen LogP contribution is -2.16. The van der Waals surface area contributed by atoms with Crippen molar-refractivity contribution >= 4 is 53.2 Å². The fourth-order valence-electron chi connectivity index (χ4n) is 3.19. The molecule has 39 heavy (non-hydrogen) atoms. The number of unbranched alkanes of at least 4 members (excludes halogenated alkanes) is 6. The molecule has 15 heteroatoms. The van der Waals surface area contributed by atoms with Crippen LogP contribution in [0.25, 0.3) is 0 Å². The molecular formula is C24H42N6O6S3. The summed E-state index contributed by atoms with van der Waals surface area (Å²) in [5, 5.41) is 38.0. The first-order valence-electron chi connectivity index (χ1n) is 13.3. The highest BCUT2D eigenvalue weighted by molar-refractivity contribution is 8.00. The summed E-state index contributed by atoms with van der Waals surface area (Å²) in [6.07, 6.45) is 8.04. The van der Waals surface area contributed by atoms with E-state index in [4.69, 9.17) is 15.3 Å². The Morgan fingerprint density at radius 1 is 0.487 bits per heavy atom. The fraction of sp³-hybridized carbons (Fsp3) is 0.750. The minimum Gasteiger partial charge on any atom is -0.481 e. The summed E-state index contributed by atoms with van der Waals surface area (Å²) < 4.78 is 0. The Morgan fingerprint density at radius 3 is 1.03 bits per heavy atom. The molecule has 0 bridgehead atoms. The minimum absolute atomic E-state index is 0.208. The maximum atomic E-state index is 10.6. The number of hydrogen-bond acceptors (Lipinski definition) is 12. The van der Waals surface area contributed by atoms with Crippen molar-refractivity contribution in [3.05, 3.63) is 0 Å². The Hall–Kier alpha value is -1.65. The standard InChI is InChI=1S/C24H42N6O6S3/c31-19(32)10-4-1-7-13-25-16-37-22-28-23(38-17-26-14-8-2-5-11-20(33)34)30-24(29-22)39-18-27-15-9-3-6-12-21(35)36/h25-27H,1-18H2,(H,31,32)(H,33,34)(H,35,36). The van der Waals surface area contributed by atoms with Gasteiger partial charge in [0.15, 0.2) is 15.5 Å². The zero-order chi connectivity index (χ0) is 28.6. The molecule has 0 saturated carbocycles. The molecular weight excluding hydrogens is 565 g/mol. The SMILES string of the molecule is O=C(O)CCCCCNCSc1nc(SCNCCCCCC(=O)O)nc(SCNCCCCCC(=O)O)n1. The second-order valence-corrected chi connectivity index (χ2v) is 11.5. The van der Waals surface area contributed by atoms with Gasteiger partial charge in [0.25, 0.3) is 0 Å². The Kier molecular flexibility index (Phi) is 21.9. The first kappa shape index (κ1) is 35.4. The van der Waals surface area contributed by atoms with E-state index >= 15 is 0 Å². The highest BCUT2D eigenvalue weighted by Crippen LogP contribution is 2.22. The molecule has 0 aliphatic carbocycles. The molecule has 222 valence electrons. The van der Waals surface area contributed by atoms with Gasteiger partial charge in [0.1, 0.15) is 0 Å². The Morgan fingerprint density at radius 2 is 0.769 bits per heavy atom. The molecule has 1 aromatic heterocycles. The van der Waals surface area contributed by atoms with Gasteiger partial charge in [-0.2, -0.15) is 15.0 Å². The average Bonchev–Trinajstić information content (AvgIpc) is 2.88. The summed E-state index contributed by atoms with van der Waals surface area (Å²) in [5.74, 6) is -0.353. The van der Waals surface area contributed by atoms with Crippen molar-refractivity contribution in [1.82, 2.24) is 30.9 Å². The van der Waals surface area contributed by atoms with Gasteiger partial charge in [-0.3, -0.25) is 14.4 Å². The van der Waals surface area contributed by atoms with Gasteiger partial charge < -0.3 is 31.3 Å². The molecule has 0 spiro atoms. The average molecular weight is 607 g/mol. The molecule has 1 aromatic rings. The first-order valence-corrected chi connectivity index (χ1v) is 16.2. The van der Waals surface area contributed by atoms with Crippen LogP contribution in [0.2, 0.25) is 0 Å². The zero-order valence-corrected chi connectivity index (χ0v) is 24.8. The van der Waals surface area contributed by atoms with Gasteiger partial charge in [-0.25, -0.2) is 0 Å². The van der Waals surface area contributed by atoms with Crippen LogP contribution in [0.4, 0.5) is 0 Å². The van der Waals surface area contributed by atoms with Crippen LogP contribution in [-0.4, -0.2) is 85.4 Å². The van der Waals surface area contributed by atoms with E-state index < -0.39 is 17.9 Å². The van der Waals surface area contributed by atoms with Crippen molar-refractivity contribution < 1.29 is 29.7 Å². The number of rotatable bonds is 27. The molecule has 0 fully saturated rings. The van der Waals surface area contributed by atoms with Crippen LogP contribution < -0.4 is 16.0 Å². The van der Waals surface area contributed by atoms with Gasteiger partial charge in [0.2, 0.25) is 0 Å². The third-order valence-corrected chi connectivity index (χ3v) is 7.58. The van der Waals surface area contributed by atoms with Gasteiger partial charge in [-0.1, -0.05) is 54.5 Å². The van der Waals surface area contributed by atoms with Gasteiger partial charge in [0.05, 0.1) is 0 Å². The molecule has 1 rings (SSSR count). The topological polar surface area (TPSA) is 187 Å². The highest BCUT2D eigenvalue weighted by atomic mass is 32.2. The van der Waals surface area contributed by atoms with Crippen LogP contribution in [-0.2, 0) is 14.4 Å². The third kappa shape index (κ3) is 22.8. The fourth-order valence-corrected chi connectivity index (χ4v) is 5.39. The molecule has 0 aliphatic heterocycles. The summed E-state index contributed by atoms with van der Waals surface area (Å²) in [4.78, 5) is 45.4. The summed E-state index contributed by atoms with van der Waals surface area (Å²) >= 11 is 4.49. The van der Waals surface area contributed by atoms with E-state index in [0.29, 0.717) is 52.4 Å². The number of carboxylic acids is 3. The molecule has 0 atom stereocenters. The van der Waals surface area contributed by atoms with Crippen molar-refractivity contribution in [3.63, 3.8) is 0 Å². The largest absolute Gasteiger partial charge is 0.481 e. The Labute approximate surface area is 243 Å². The molecule has 0 aromatic carbocycles. The molecule has 0 aliphatic rings. The summed E-state index contributed by atoms with van der Waals surface area (Å²) in [6, 6.07) is 0. The molecule has 0 unspecified atom stereocenters. The van der Waals surface area contributed by atoms with Crippen molar-refractivity contribution in [2.24, 2.45) is 0 Å². The third-order valence-electron chi connectivity index (χ3n) is 5.22. The predicted octanol–water partition coefficient (Wildman–Crippen LogP) is 3.72. The minimum atomic E-state index is -0.757. The van der Waals surface area contributed by atoms with Crippen LogP contribution in [0.15, 0.2) is 15.5 Å². The van der Waals surface area contributed by atoms with Crippen LogP contribution in [0.3, 0.4) is 0 Å². The van der Waals surface area contributed by atoms with Gasteiger partial charge in [-0.15, -0.1) is 0 Å². The van der Waals surface area contributed by atoms with E-state index in [1.54, 1.807) is 0 Å². The zero-order valence-electron chi connectivity index (χ0n) is 22.4. The normalized spacial score (nSPS) is 11.1. The number of hydrogen-bond donors (Lipinski definition) is 6. The van der Waals surface area contributed by atoms with Crippen molar-refractivity contribution in [1.29, 1.82) is 0 Å².